The number of rotatable bonds is 7. The van der Waals surface area contributed by atoms with Gasteiger partial charge in [0.15, 0.2) is 6.29 Å². The molecule has 2 saturated heterocycles. The van der Waals surface area contributed by atoms with Gasteiger partial charge in [0.25, 0.3) is 0 Å². The minimum Gasteiger partial charge on any atom is -0.497 e. The molecule has 14 heteroatoms. The van der Waals surface area contributed by atoms with Crippen LogP contribution >= 0.6 is 0 Å². The molecule has 1 aromatic heterocycles. The van der Waals surface area contributed by atoms with E-state index in [2.05, 4.69) is 0 Å². The summed E-state index contributed by atoms with van der Waals surface area (Å²) in [6.45, 7) is 4.37. The molecule has 10 atom stereocenters. The van der Waals surface area contributed by atoms with Gasteiger partial charge in [0.2, 0.25) is 6.29 Å². The van der Waals surface area contributed by atoms with Crippen LogP contribution in [0.3, 0.4) is 0 Å². The fourth-order valence-corrected chi connectivity index (χ4v) is 5.62. The Bertz CT molecular complexity index is 1540. The average Bonchev–Trinajstić information content (AvgIpc) is 2.97. The van der Waals surface area contributed by atoms with Crippen molar-refractivity contribution in [1.29, 1.82) is 0 Å². The highest BCUT2D eigenvalue weighted by molar-refractivity contribution is 6.10. The highest BCUT2D eigenvalue weighted by Crippen LogP contribution is 2.44. The number of ether oxygens (including phenoxy) is 6. The van der Waals surface area contributed by atoms with Gasteiger partial charge in [0, 0.05) is 22.2 Å². The van der Waals surface area contributed by atoms with Gasteiger partial charge in [-0.25, -0.2) is 4.79 Å². The molecule has 14 nitrogen and oxygen atoms in total. The first kappa shape index (κ1) is 31.4. The Morgan fingerprint density at radius 3 is 2.09 bits per heavy atom. The van der Waals surface area contributed by atoms with E-state index in [1.807, 2.05) is 0 Å². The molecule has 5 rings (SSSR count). The molecule has 0 bridgehead atoms. The molecule has 0 saturated carbocycles. The summed E-state index contributed by atoms with van der Waals surface area (Å²) in [5, 5.41) is 64.1. The Morgan fingerprint density at radius 1 is 0.767 bits per heavy atom. The molecule has 3 aromatic rings. The van der Waals surface area contributed by atoms with Gasteiger partial charge in [-0.15, -0.1) is 0 Å². The lowest BCUT2D eigenvalue weighted by atomic mass is 9.96. The van der Waals surface area contributed by atoms with Gasteiger partial charge >= 0.3 is 5.63 Å². The Balaban J connectivity index is 1.50. The predicted octanol–water partition coefficient (Wildman–Crippen LogP) is -0.389. The third kappa shape index (κ3) is 5.54. The highest BCUT2D eigenvalue weighted by atomic mass is 16.7. The highest BCUT2D eigenvalue weighted by Gasteiger charge is 2.47. The first-order chi connectivity index (χ1) is 20.4. The van der Waals surface area contributed by atoms with E-state index >= 15 is 0 Å². The van der Waals surface area contributed by atoms with Gasteiger partial charge in [0.05, 0.1) is 32.3 Å². The second-order valence-corrected chi connectivity index (χ2v) is 10.8. The Labute approximate surface area is 245 Å². The van der Waals surface area contributed by atoms with Gasteiger partial charge in [0.1, 0.15) is 65.7 Å². The number of aliphatic hydroxyl groups is 6. The first-order valence-corrected chi connectivity index (χ1v) is 13.7. The predicted molar refractivity (Wildman–Crippen MR) is 148 cm³/mol. The van der Waals surface area contributed by atoms with Crippen LogP contribution in [0, 0.1) is 13.8 Å². The molecule has 236 valence electrons. The minimum atomic E-state index is -1.74. The van der Waals surface area contributed by atoms with Crippen molar-refractivity contribution >= 4 is 21.5 Å². The van der Waals surface area contributed by atoms with E-state index in [0.717, 1.165) is 0 Å². The minimum absolute atomic E-state index is 0.108. The molecule has 3 heterocycles. The lowest BCUT2D eigenvalue weighted by molar-refractivity contribution is -0.318. The smallest absolute Gasteiger partial charge is 0.344 e. The third-order valence-corrected chi connectivity index (χ3v) is 7.97. The van der Waals surface area contributed by atoms with Crippen LogP contribution in [0.4, 0.5) is 0 Å². The number of aryl methyl sites for hydroxylation is 2. The number of aliphatic hydroxyl groups excluding tert-OH is 6. The first-order valence-electron chi connectivity index (χ1n) is 13.7. The van der Waals surface area contributed by atoms with E-state index in [4.69, 9.17) is 32.8 Å². The fraction of sp³-hybridized carbons (Fsp3) is 0.552. The molecule has 2 aliphatic heterocycles. The fourth-order valence-electron chi connectivity index (χ4n) is 5.62. The van der Waals surface area contributed by atoms with Crippen molar-refractivity contribution in [2.24, 2.45) is 0 Å². The molecule has 0 radical (unpaired) electrons. The summed E-state index contributed by atoms with van der Waals surface area (Å²) in [5.41, 5.74) is -0.0977. The van der Waals surface area contributed by atoms with Crippen LogP contribution in [-0.4, -0.2) is 113 Å². The van der Waals surface area contributed by atoms with Crippen LogP contribution in [0.2, 0.25) is 0 Å². The zero-order valence-corrected chi connectivity index (χ0v) is 24.2. The van der Waals surface area contributed by atoms with Crippen LogP contribution in [0.25, 0.3) is 21.5 Å². The summed E-state index contributed by atoms with van der Waals surface area (Å²) in [7, 11) is 2.90. The van der Waals surface area contributed by atoms with Crippen LogP contribution in [0.5, 0.6) is 17.2 Å². The molecule has 0 aliphatic carbocycles. The van der Waals surface area contributed by atoms with Crippen molar-refractivity contribution < 1.29 is 63.5 Å². The number of hydrogen-bond donors (Lipinski definition) is 6. The molecule has 0 amide bonds. The number of benzene rings is 2. The topological polar surface area (TPSA) is 207 Å². The van der Waals surface area contributed by atoms with Crippen molar-refractivity contribution in [3.8, 4) is 17.2 Å². The number of methoxy groups -OCH3 is 2. The summed E-state index contributed by atoms with van der Waals surface area (Å²) in [6, 6.07) is 4.90. The summed E-state index contributed by atoms with van der Waals surface area (Å²) >= 11 is 0. The van der Waals surface area contributed by atoms with E-state index in [1.165, 1.54) is 27.2 Å². The lowest BCUT2D eigenvalue weighted by Crippen LogP contribution is -2.61. The van der Waals surface area contributed by atoms with Crippen molar-refractivity contribution in [3.63, 3.8) is 0 Å². The van der Waals surface area contributed by atoms with Crippen molar-refractivity contribution in [1.82, 2.24) is 0 Å². The Kier molecular flexibility index (Phi) is 8.87. The Hall–Kier alpha value is -3.05. The van der Waals surface area contributed by atoms with Crippen molar-refractivity contribution in [2.75, 3.05) is 20.8 Å². The van der Waals surface area contributed by atoms with E-state index in [0.29, 0.717) is 39.0 Å². The largest absolute Gasteiger partial charge is 0.497 e. The third-order valence-electron chi connectivity index (χ3n) is 7.97. The summed E-state index contributed by atoms with van der Waals surface area (Å²) < 4.78 is 39.4. The van der Waals surface area contributed by atoms with Crippen molar-refractivity contribution in [3.05, 3.63) is 39.9 Å². The monoisotopic (exact) mass is 608 g/mol. The normalized spacial score (nSPS) is 33.1. The van der Waals surface area contributed by atoms with E-state index < -0.39 is 73.6 Å². The van der Waals surface area contributed by atoms with Gasteiger partial charge in [-0.1, -0.05) is 0 Å². The molecular weight excluding hydrogens is 572 g/mol. The van der Waals surface area contributed by atoms with Gasteiger partial charge in [-0.05, 0) is 38.5 Å². The summed E-state index contributed by atoms with van der Waals surface area (Å²) in [5.74, 6) is 1.20. The zero-order chi connectivity index (χ0) is 31.3. The average molecular weight is 609 g/mol. The maximum atomic E-state index is 12.9. The molecular formula is C29H36O14. The van der Waals surface area contributed by atoms with Crippen molar-refractivity contribution in [2.45, 2.75) is 82.2 Å². The summed E-state index contributed by atoms with van der Waals surface area (Å²) in [4.78, 5) is 12.9. The second-order valence-electron chi connectivity index (χ2n) is 10.8. The van der Waals surface area contributed by atoms with Gasteiger partial charge in [-0.3, -0.25) is 0 Å². The number of fused-ring (bicyclic) bond motifs is 2. The standard InChI is InChI=1S/C29H36O14/c1-10-6-14-19(27(36)40-10)11(2)18-15(26(14)38-5)7-13(37-4)8-16(18)42-29-25(35)23(33)21(31)17(43-29)9-39-28-24(34)22(32)20(30)12(3)41-28/h6-8,12,17,20-25,28-35H,9H2,1-5H3. The Morgan fingerprint density at radius 2 is 1.42 bits per heavy atom. The quantitative estimate of drug-likeness (QED) is 0.189. The summed E-state index contributed by atoms with van der Waals surface area (Å²) in [6.07, 6.45) is -14.7. The number of hydrogen-bond acceptors (Lipinski definition) is 14. The second kappa shape index (κ2) is 12.1. The molecule has 2 fully saturated rings. The van der Waals surface area contributed by atoms with E-state index in [1.54, 1.807) is 26.0 Å². The molecule has 2 aromatic carbocycles. The molecule has 2 aliphatic rings. The maximum Gasteiger partial charge on any atom is 0.344 e. The zero-order valence-electron chi connectivity index (χ0n) is 24.2. The van der Waals surface area contributed by atoms with E-state index in [9.17, 15) is 35.4 Å². The van der Waals surface area contributed by atoms with E-state index in [-0.39, 0.29) is 11.1 Å². The molecule has 10 unspecified atom stereocenters. The van der Waals surface area contributed by atoms with Crippen LogP contribution in [0.15, 0.2) is 27.4 Å². The van der Waals surface area contributed by atoms with Gasteiger partial charge < -0.3 is 63.5 Å². The van der Waals surface area contributed by atoms with Crippen LogP contribution < -0.4 is 19.8 Å². The molecule has 6 N–H and O–H groups in total. The van der Waals surface area contributed by atoms with Crippen LogP contribution in [0.1, 0.15) is 18.2 Å². The van der Waals surface area contributed by atoms with Gasteiger partial charge in [-0.2, -0.15) is 0 Å². The molecule has 0 spiro atoms. The maximum absolute atomic E-state index is 12.9. The SMILES string of the molecule is COc1cc(OC2OC(COC3OC(C)C(O)C(O)C3O)C(O)C(O)C2O)c2c(C)c3c(=O)oc(C)cc3c(OC)c2c1. The lowest BCUT2D eigenvalue weighted by Gasteiger charge is -2.42. The van der Waals surface area contributed by atoms with Crippen LogP contribution in [-0.2, 0) is 14.2 Å². The molecule has 43 heavy (non-hydrogen) atoms.